The van der Waals surface area contributed by atoms with Gasteiger partial charge in [0.2, 0.25) is 0 Å². The van der Waals surface area contributed by atoms with Gasteiger partial charge in [-0.25, -0.2) is 4.68 Å². The van der Waals surface area contributed by atoms with Crippen molar-refractivity contribution < 1.29 is 9.90 Å². The predicted octanol–water partition coefficient (Wildman–Crippen LogP) is 3.00. The van der Waals surface area contributed by atoms with Crippen molar-refractivity contribution in [2.75, 3.05) is 0 Å². The molecule has 3 rings (SSSR count). The Morgan fingerprint density at radius 3 is 2.52 bits per heavy atom. The number of Topliss-reactive ketones (excluding diaryl/α,β-unsaturated/α-hetero) is 1. The molecule has 0 bridgehead atoms. The fourth-order valence-electron chi connectivity index (χ4n) is 2.55. The number of fused-ring (bicyclic) bond motifs is 1. The zero-order valence-corrected chi connectivity index (χ0v) is 12.4. The summed E-state index contributed by atoms with van der Waals surface area (Å²) in [7, 11) is 0. The number of carbonyl (C=O) groups excluding carboxylic acids is 1. The van der Waals surface area contributed by atoms with Crippen LogP contribution in [0.5, 0.6) is 0 Å². The molecule has 1 aromatic heterocycles. The molecular weight excluding hydrogens is 264 g/mol. The molecule has 2 heterocycles. The van der Waals surface area contributed by atoms with Crippen molar-refractivity contribution >= 4 is 17.6 Å². The summed E-state index contributed by atoms with van der Waals surface area (Å²) in [6.45, 7) is 5.39. The summed E-state index contributed by atoms with van der Waals surface area (Å²) in [6.07, 6.45) is 2.29. The van der Waals surface area contributed by atoms with Gasteiger partial charge in [0, 0.05) is 12.6 Å². The van der Waals surface area contributed by atoms with Crippen LogP contribution < -0.4 is 0 Å². The molecule has 4 heteroatoms. The van der Waals surface area contributed by atoms with Gasteiger partial charge in [-0.1, -0.05) is 24.3 Å². The van der Waals surface area contributed by atoms with Crippen LogP contribution in [-0.4, -0.2) is 20.7 Å². The lowest BCUT2D eigenvalue weighted by Crippen LogP contribution is -2.15. The van der Waals surface area contributed by atoms with Crippen molar-refractivity contribution in [2.45, 2.75) is 32.8 Å². The number of aliphatic hydroxyl groups is 1. The number of benzene rings is 1. The highest BCUT2D eigenvalue weighted by Crippen LogP contribution is 2.28. The molecule has 0 spiro atoms. The van der Waals surface area contributed by atoms with Crippen LogP contribution in [-0.2, 0) is 5.60 Å². The van der Waals surface area contributed by atoms with Crippen LogP contribution in [0.2, 0.25) is 0 Å². The summed E-state index contributed by atoms with van der Waals surface area (Å²) in [5.74, 6) is 0.0830. The molecule has 0 fully saturated rings. The molecule has 0 saturated carbocycles. The third-order valence-corrected chi connectivity index (χ3v) is 3.73. The Kier molecular flexibility index (Phi) is 3.06. The second kappa shape index (κ2) is 4.67. The van der Waals surface area contributed by atoms with Crippen molar-refractivity contribution in [2.24, 2.45) is 0 Å². The third-order valence-electron chi connectivity index (χ3n) is 3.73. The molecule has 21 heavy (non-hydrogen) atoms. The summed E-state index contributed by atoms with van der Waals surface area (Å²) in [6, 6.07) is 9.48. The Labute approximate surface area is 123 Å². The van der Waals surface area contributed by atoms with Gasteiger partial charge in [0.15, 0.2) is 5.78 Å². The highest BCUT2D eigenvalue weighted by Gasteiger charge is 2.22. The second-order valence-electron chi connectivity index (χ2n) is 6.01. The van der Waals surface area contributed by atoms with Crippen LogP contribution in [0.1, 0.15) is 47.6 Å². The molecule has 0 atom stereocenters. The third kappa shape index (κ3) is 2.54. The molecule has 108 valence electrons. The van der Waals surface area contributed by atoms with E-state index in [1.807, 2.05) is 43.5 Å². The summed E-state index contributed by atoms with van der Waals surface area (Å²) >= 11 is 0. The monoisotopic (exact) mass is 282 g/mol. The van der Waals surface area contributed by atoms with Gasteiger partial charge >= 0.3 is 0 Å². The fraction of sp³-hybridized carbons (Fsp3) is 0.294. The zero-order chi connectivity index (χ0) is 15.2. The van der Waals surface area contributed by atoms with Crippen molar-refractivity contribution in [3.63, 3.8) is 0 Å². The van der Waals surface area contributed by atoms with Gasteiger partial charge < -0.3 is 5.11 Å². The van der Waals surface area contributed by atoms with Gasteiger partial charge in [0.05, 0.1) is 11.3 Å². The summed E-state index contributed by atoms with van der Waals surface area (Å²) in [5.41, 5.74) is 3.40. The van der Waals surface area contributed by atoms with Crippen molar-refractivity contribution in [3.05, 3.63) is 52.8 Å². The number of nitrogens with zero attached hydrogens (tertiary/aromatic N) is 2. The van der Waals surface area contributed by atoms with Crippen molar-refractivity contribution in [1.29, 1.82) is 0 Å². The number of hydrogen-bond donors (Lipinski definition) is 1. The molecule has 1 N–H and O–H groups in total. The lowest BCUT2D eigenvalue weighted by atomic mass is 9.93. The largest absolute Gasteiger partial charge is 0.386 e. The minimum Gasteiger partial charge on any atom is -0.386 e. The normalized spacial score (nSPS) is 14.9. The molecule has 2 aromatic rings. The summed E-state index contributed by atoms with van der Waals surface area (Å²) in [4.78, 5) is 12.2. The maximum atomic E-state index is 12.2. The average molecular weight is 282 g/mol. The number of aromatic nitrogens is 2. The van der Waals surface area contributed by atoms with Crippen LogP contribution >= 0.6 is 0 Å². The highest BCUT2D eigenvalue weighted by atomic mass is 16.3. The molecule has 4 nitrogen and oxygen atoms in total. The fourth-order valence-corrected chi connectivity index (χ4v) is 2.55. The van der Waals surface area contributed by atoms with E-state index in [9.17, 15) is 9.90 Å². The minimum atomic E-state index is -0.860. The summed E-state index contributed by atoms with van der Waals surface area (Å²) < 4.78 is 1.65. The number of hydrogen-bond acceptors (Lipinski definition) is 3. The Bertz CT molecular complexity index is 731. The van der Waals surface area contributed by atoms with Gasteiger partial charge in [-0.3, -0.25) is 4.79 Å². The van der Waals surface area contributed by atoms with Crippen molar-refractivity contribution in [3.8, 4) is 0 Å². The summed E-state index contributed by atoms with van der Waals surface area (Å²) in [5, 5.41) is 14.3. The van der Waals surface area contributed by atoms with Crippen LogP contribution in [0.15, 0.2) is 30.3 Å². The molecule has 0 saturated heterocycles. The number of allylic oxidation sites excluding steroid dienone is 1. The molecule has 0 radical (unpaired) electrons. The first kappa shape index (κ1) is 13.8. The maximum Gasteiger partial charge on any atom is 0.185 e. The van der Waals surface area contributed by atoms with Gasteiger partial charge in [-0.05, 0) is 43.5 Å². The van der Waals surface area contributed by atoms with E-state index < -0.39 is 5.60 Å². The van der Waals surface area contributed by atoms with E-state index in [1.165, 1.54) is 0 Å². The van der Waals surface area contributed by atoms with E-state index in [-0.39, 0.29) is 5.78 Å². The first-order valence-electron chi connectivity index (χ1n) is 6.98. The van der Waals surface area contributed by atoms with Crippen LogP contribution in [0.3, 0.4) is 0 Å². The minimum absolute atomic E-state index is 0.0830. The van der Waals surface area contributed by atoms with E-state index in [0.717, 1.165) is 22.4 Å². The Balaban J connectivity index is 1.98. The first-order chi connectivity index (χ1) is 9.84. The molecule has 1 aliphatic rings. The smallest absolute Gasteiger partial charge is 0.185 e. The number of carbonyl (C=O) groups is 1. The first-order valence-corrected chi connectivity index (χ1v) is 6.98. The van der Waals surface area contributed by atoms with Gasteiger partial charge in [0.1, 0.15) is 5.69 Å². The zero-order valence-electron chi connectivity index (χ0n) is 12.4. The Morgan fingerprint density at radius 1 is 1.24 bits per heavy atom. The average Bonchev–Trinajstić information content (AvgIpc) is 2.79. The molecular formula is C17H18N2O2. The van der Waals surface area contributed by atoms with Gasteiger partial charge in [-0.2, -0.15) is 5.10 Å². The van der Waals surface area contributed by atoms with Crippen LogP contribution in [0.4, 0.5) is 0 Å². The predicted molar refractivity (Wildman–Crippen MR) is 81.8 cm³/mol. The Morgan fingerprint density at radius 2 is 1.90 bits per heavy atom. The van der Waals surface area contributed by atoms with E-state index >= 15 is 0 Å². The second-order valence-corrected chi connectivity index (χ2v) is 6.01. The number of rotatable bonds is 2. The van der Waals surface area contributed by atoms with Crippen LogP contribution in [0.25, 0.3) is 11.8 Å². The molecule has 1 aliphatic heterocycles. The molecule has 0 unspecified atom stereocenters. The van der Waals surface area contributed by atoms with E-state index in [4.69, 9.17) is 0 Å². The standard InChI is InChI=1S/C17H18N2O2/c1-11-8-15-16(20)9-13(10-19(15)18-11)12-4-6-14(7-5-12)17(2,3)21/h4-8,10,21H,9H2,1-3H3. The van der Waals surface area contributed by atoms with E-state index in [1.54, 1.807) is 18.5 Å². The topological polar surface area (TPSA) is 55.1 Å². The molecule has 0 amide bonds. The van der Waals surface area contributed by atoms with E-state index in [0.29, 0.717) is 12.1 Å². The van der Waals surface area contributed by atoms with Gasteiger partial charge in [0.25, 0.3) is 0 Å². The van der Waals surface area contributed by atoms with E-state index in [2.05, 4.69) is 5.10 Å². The highest BCUT2D eigenvalue weighted by molar-refractivity contribution is 6.06. The molecule has 0 aliphatic carbocycles. The van der Waals surface area contributed by atoms with Crippen molar-refractivity contribution in [1.82, 2.24) is 9.78 Å². The quantitative estimate of drug-likeness (QED) is 0.921. The number of aryl methyl sites for hydroxylation is 1. The van der Waals surface area contributed by atoms with Crippen LogP contribution in [0, 0.1) is 6.92 Å². The SMILES string of the molecule is Cc1cc2n(n1)C=C(c1ccc(C(C)(C)O)cc1)CC2=O. The number of ketones is 1. The lowest BCUT2D eigenvalue weighted by molar-refractivity contribution is 0.0786. The lowest BCUT2D eigenvalue weighted by Gasteiger charge is -2.19. The Hall–Kier alpha value is -2.20. The van der Waals surface area contributed by atoms with Gasteiger partial charge in [-0.15, -0.1) is 0 Å². The molecule has 1 aromatic carbocycles. The maximum absolute atomic E-state index is 12.2.